The smallest absolute Gasteiger partial charge is 0.137 e. The first-order valence-electron chi connectivity index (χ1n) is 19.3. The maximum atomic E-state index is 10.0. The van der Waals surface area contributed by atoms with Crippen LogP contribution in [-0.2, 0) is 62.7 Å². The minimum Gasteiger partial charge on any atom is -0.542 e. The first-order valence-corrected chi connectivity index (χ1v) is 19.3. The molecule has 311 valence electrons. The normalized spacial score (nSPS) is 13.6. The van der Waals surface area contributed by atoms with Crippen molar-refractivity contribution in [2.24, 2.45) is 0 Å². The van der Waals surface area contributed by atoms with Gasteiger partial charge in [-0.1, -0.05) is 61.4 Å². The summed E-state index contributed by atoms with van der Waals surface area (Å²) >= 11 is 0. The Morgan fingerprint density at radius 2 is 0.707 bits per heavy atom. The Hall–Kier alpha value is -4.14. The topological polar surface area (TPSA) is 105 Å². The van der Waals surface area contributed by atoms with E-state index in [-0.39, 0.29) is 61.5 Å². The molecule has 2 saturated carbocycles. The molecule has 2 fully saturated rings. The number of hydrogen-bond acceptors (Lipinski definition) is 8. The van der Waals surface area contributed by atoms with Crippen LogP contribution in [0, 0.1) is 27.7 Å². The van der Waals surface area contributed by atoms with Crippen LogP contribution in [0.5, 0.6) is 23.0 Å². The molecule has 0 heterocycles. The number of rotatable bonds is 10. The van der Waals surface area contributed by atoms with E-state index in [2.05, 4.69) is 100 Å². The minimum absolute atomic E-state index is 0. The van der Waals surface area contributed by atoms with Gasteiger partial charge in [0.15, 0.2) is 0 Å². The van der Waals surface area contributed by atoms with E-state index in [9.17, 15) is 9.59 Å². The summed E-state index contributed by atoms with van der Waals surface area (Å²) < 4.78 is 21.6. The average molecular weight is 868 g/mol. The third-order valence-electron chi connectivity index (χ3n) is 10.7. The van der Waals surface area contributed by atoms with Crippen LogP contribution in [0.25, 0.3) is 0 Å². The number of ether oxygens (including phenoxy) is 4. The van der Waals surface area contributed by atoms with Crippen LogP contribution in [0.4, 0.5) is 0 Å². The van der Waals surface area contributed by atoms with Crippen LogP contribution < -0.4 is 18.9 Å². The molecule has 2 aliphatic carbocycles. The third kappa shape index (κ3) is 13.5. The van der Waals surface area contributed by atoms with Crippen molar-refractivity contribution in [3.05, 3.63) is 117 Å². The van der Waals surface area contributed by atoms with Crippen molar-refractivity contribution >= 4 is 24.1 Å². The van der Waals surface area contributed by atoms with Crippen molar-refractivity contribution in [1.29, 1.82) is 0 Å². The molecular weight excluding hydrogens is 805 g/mol. The molecule has 58 heavy (non-hydrogen) atoms. The summed E-state index contributed by atoms with van der Waals surface area (Å²) in [5.41, 5.74) is 10.8. The van der Waals surface area contributed by atoms with E-state index < -0.39 is 0 Å². The van der Waals surface area contributed by atoms with Gasteiger partial charge in [0.1, 0.15) is 34.6 Å². The Kier molecular flexibility index (Phi) is 22.7. The Morgan fingerprint density at radius 3 is 0.810 bits per heavy atom. The minimum atomic E-state index is -0.0625. The van der Waals surface area contributed by atoms with Gasteiger partial charge < -0.3 is 28.5 Å². The quantitative estimate of drug-likeness (QED) is 0.115. The number of methoxy groups -OCH3 is 4. The van der Waals surface area contributed by atoms with E-state index >= 15 is 0 Å². The van der Waals surface area contributed by atoms with Gasteiger partial charge in [-0.05, 0) is 136 Å². The Bertz CT molecular complexity index is 1690. The Morgan fingerprint density at radius 1 is 0.500 bits per heavy atom. The molecule has 0 amide bonds. The first-order chi connectivity index (χ1) is 27.2. The van der Waals surface area contributed by atoms with Crippen LogP contribution in [0.15, 0.2) is 72.8 Å². The second-order valence-electron chi connectivity index (χ2n) is 14.6. The molecule has 0 atom stereocenters. The van der Waals surface area contributed by atoms with Crippen molar-refractivity contribution in [3.63, 3.8) is 0 Å². The molecule has 0 aliphatic heterocycles. The van der Waals surface area contributed by atoms with E-state index in [1.165, 1.54) is 123 Å². The zero-order chi connectivity index (χ0) is 42.8. The number of Topliss-reactive ketones (excluding diaryl/α,β-unsaturated/α-hetero) is 2. The van der Waals surface area contributed by atoms with E-state index in [0.717, 1.165) is 23.0 Å². The number of carbonyl (C=O) groups is 2. The monoisotopic (exact) mass is 867 g/mol. The van der Waals surface area contributed by atoms with Crippen molar-refractivity contribution in [2.45, 2.75) is 111 Å². The molecule has 9 heteroatoms. The van der Waals surface area contributed by atoms with E-state index in [4.69, 9.17) is 28.5 Å². The molecule has 0 spiro atoms. The van der Waals surface area contributed by atoms with E-state index in [0.29, 0.717) is 0 Å². The number of hydrogen-bond donors (Lipinski definition) is 0. The average Bonchev–Trinajstić information content (AvgIpc) is 3.12. The van der Waals surface area contributed by atoms with Gasteiger partial charge in [0.25, 0.3) is 0 Å². The molecule has 0 N–H and O–H groups in total. The number of aryl methyl sites for hydroxylation is 4. The maximum absolute atomic E-state index is 10.0. The SMILES string of the molecule is CC(=O)CC(C)=O.COc1ccc(C2(c3ccc(OC)c(C)c3)CCC2)cc1C.COc1ccc(C2(c3ccc(OC)c(C)c3)CCC2)cc1C.C[C-]=O.C[C-]=O.[Y]. The second kappa shape index (κ2) is 25.4. The van der Waals surface area contributed by atoms with Crippen molar-refractivity contribution in [1.82, 2.24) is 0 Å². The second-order valence-corrected chi connectivity index (χ2v) is 14.6. The number of ketones is 2. The van der Waals surface area contributed by atoms with Crippen LogP contribution in [0.2, 0.25) is 0 Å². The number of carbonyl (C=O) groups excluding carboxylic acids is 4. The van der Waals surface area contributed by atoms with Gasteiger partial charge in [-0.3, -0.25) is 22.2 Å². The molecule has 4 aromatic carbocycles. The number of benzene rings is 4. The van der Waals surface area contributed by atoms with Gasteiger partial charge in [-0.15, -0.1) is 0 Å². The van der Waals surface area contributed by atoms with E-state index in [1.54, 1.807) is 28.4 Å². The largest absolute Gasteiger partial charge is 0.542 e. The summed E-state index contributed by atoms with van der Waals surface area (Å²) in [7, 11) is 6.92. The fourth-order valence-electron chi connectivity index (χ4n) is 7.60. The summed E-state index contributed by atoms with van der Waals surface area (Å²) in [4.78, 5) is 37.4. The Balaban J connectivity index is 0.000000442. The summed E-state index contributed by atoms with van der Waals surface area (Å²) in [6, 6.07) is 26.5. The predicted octanol–water partition coefficient (Wildman–Crippen LogP) is 10.4. The Labute approximate surface area is 372 Å². The molecule has 2 aliphatic rings. The molecule has 0 saturated heterocycles. The zero-order valence-corrected chi connectivity index (χ0v) is 39.6. The summed E-state index contributed by atoms with van der Waals surface area (Å²) in [6.45, 7) is 13.9. The van der Waals surface area contributed by atoms with Crippen LogP contribution >= 0.6 is 0 Å². The van der Waals surface area contributed by atoms with E-state index in [1.807, 2.05) is 0 Å². The molecule has 8 nitrogen and oxygen atoms in total. The first kappa shape index (κ1) is 51.9. The van der Waals surface area contributed by atoms with Crippen molar-refractivity contribution < 1.29 is 70.8 Å². The zero-order valence-electron chi connectivity index (χ0n) is 36.7. The summed E-state index contributed by atoms with van der Waals surface area (Å²) in [5.74, 6) is 3.72. The van der Waals surface area contributed by atoms with Gasteiger partial charge in [-0.25, -0.2) is 0 Å². The van der Waals surface area contributed by atoms with Crippen molar-refractivity contribution in [3.8, 4) is 23.0 Å². The molecule has 0 aromatic heterocycles. The summed E-state index contributed by atoms with van der Waals surface area (Å²) in [5, 5.41) is 0. The van der Waals surface area contributed by atoms with Crippen LogP contribution in [0.1, 0.15) is 117 Å². The predicted molar refractivity (Wildman–Crippen MR) is 229 cm³/mol. The maximum Gasteiger partial charge on any atom is 0.137 e. The molecule has 1 radical (unpaired) electrons. The fourth-order valence-corrected chi connectivity index (χ4v) is 7.60. The molecule has 0 unspecified atom stereocenters. The molecule has 0 bridgehead atoms. The van der Waals surface area contributed by atoms with Gasteiger partial charge in [0.05, 0.1) is 34.9 Å². The van der Waals surface area contributed by atoms with Gasteiger partial charge in [0, 0.05) is 43.5 Å². The summed E-state index contributed by atoms with van der Waals surface area (Å²) in [6.07, 6.45) is 10.5. The fraction of sp³-hybridized carbons (Fsp3) is 0.429. The van der Waals surface area contributed by atoms with Crippen LogP contribution in [-0.4, -0.2) is 52.6 Å². The third-order valence-corrected chi connectivity index (χ3v) is 10.7. The van der Waals surface area contributed by atoms with Gasteiger partial charge >= 0.3 is 0 Å². The van der Waals surface area contributed by atoms with Gasteiger partial charge in [0.2, 0.25) is 0 Å². The van der Waals surface area contributed by atoms with Crippen molar-refractivity contribution in [2.75, 3.05) is 28.4 Å². The van der Waals surface area contributed by atoms with Crippen LogP contribution in [0.3, 0.4) is 0 Å². The van der Waals surface area contributed by atoms with Gasteiger partial charge in [-0.2, -0.15) is 13.8 Å². The molecule has 4 aromatic rings. The molecular formula is C49H62O8Y-2. The standard InChI is InChI=1S/2C20H24O2.C5H8O2.2C2H3O.Y/c2*1-14-12-16(6-8-18(14)21-3)20(10-5-11-20)17-7-9-19(22-4)15(2)13-17;1-4(6)3-5(2)7;2*1-2-3;/h2*6-9,12-13H,5,10-11H2,1-4H3;3H2,1-2H3;2*1H3;/q;;;2*-1;. The molecule has 6 rings (SSSR count).